The summed E-state index contributed by atoms with van der Waals surface area (Å²) >= 11 is 0. The number of ketones is 1. The summed E-state index contributed by atoms with van der Waals surface area (Å²) in [6, 6.07) is 16.4. The third-order valence-corrected chi connectivity index (χ3v) is 5.75. The summed E-state index contributed by atoms with van der Waals surface area (Å²) in [4.78, 5) is 27.4. The summed E-state index contributed by atoms with van der Waals surface area (Å²) in [6.45, 7) is 5.55. The quantitative estimate of drug-likeness (QED) is 0.252. The number of hydrogen-bond acceptors (Lipinski definition) is 4. The Hall–Kier alpha value is -4.07. The number of alkyl halides is 3. The van der Waals surface area contributed by atoms with E-state index >= 15 is 0 Å². The molecule has 3 aromatic carbocycles. The topological polar surface area (TPSA) is 66.8 Å². The molecule has 1 fully saturated rings. The third-order valence-electron chi connectivity index (χ3n) is 5.75. The number of aryl methyl sites for hydroxylation is 1. The van der Waals surface area contributed by atoms with Crippen LogP contribution in [0.2, 0.25) is 0 Å². The summed E-state index contributed by atoms with van der Waals surface area (Å²) < 4.78 is 45.8. The van der Waals surface area contributed by atoms with E-state index in [9.17, 15) is 27.9 Å². The summed E-state index contributed by atoms with van der Waals surface area (Å²) in [6.07, 6.45) is -4.70. The van der Waals surface area contributed by atoms with Crippen LogP contribution >= 0.6 is 0 Å². The lowest BCUT2D eigenvalue weighted by Crippen LogP contribution is -2.29. The molecule has 8 heteroatoms. The van der Waals surface area contributed by atoms with Gasteiger partial charge < -0.3 is 9.84 Å². The second-order valence-corrected chi connectivity index (χ2v) is 8.82. The highest BCUT2D eigenvalue weighted by Gasteiger charge is 2.47. The molecule has 1 N–H and O–H groups in total. The molecule has 1 amide bonds. The van der Waals surface area contributed by atoms with Crippen molar-refractivity contribution in [3.63, 3.8) is 0 Å². The summed E-state index contributed by atoms with van der Waals surface area (Å²) in [5.41, 5.74) is 0.306. The fourth-order valence-electron chi connectivity index (χ4n) is 4.21. The first kappa shape index (κ1) is 25.0. The third kappa shape index (κ3) is 4.84. The number of Topliss-reactive ketones (excluding diaryl/α,β-unsaturated/α-hetero) is 1. The molecule has 0 spiro atoms. The Morgan fingerprint density at radius 3 is 2.25 bits per heavy atom. The van der Waals surface area contributed by atoms with E-state index in [4.69, 9.17) is 4.74 Å². The zero-order valence-electron chi connectivity index (χ0n) is 19.8. The molecule has 4 rings (SSSR count). The molecule has 1 aliphatic heterocycles. The van der Waals surface area contributed by atoms with Crippen LogP contribution in [0.3, 0.4) is 0 Å². The van der Waals surface area contributed by atoms with Gasteiger partial charge in [0.25, 0.3) is 11.7 Å². The van der Waals surface area contributed by atoms with Gasteiger partial charge in [0.05, 0.1) is 23.3 Å². The molecule has 0 aromatic heterocycles. The highest BCUT2D eigenvalue weighted by molar-refractivity contribution is 6.51. The second kappa shape index (κ2) is 9.53. The minimum Gasteiger partial charge on any atom is -0.507 e. The summed E-state index contributed by atoms with van der Waals surface area (Å²) in [5, 5.41) is 11.2. The van der Waals surface area contributed by atoms with Gasteiger partial charge in [0.1, 0.15) is 11.5 Å². The minimum absolute atomic E-state index is 0.0662. The van der Waals surface area contributed by atoms with Crippen molar-refractivity contribution in [1.29, 1.82) is 0 Å². The normalized spacial score (nSPS) is 17.6. The minimum atomic E-state index is -4.64. The Balaban J connectivity index is 1.89. The Kier molecular flexibility index (Phi) is 6.63. The number of ether oxygens (including phenoxy) is 1. The van der Waals surface area contributed by atoms with Gasteiger partial charge in [-0.1, -0.05) is 35.9 Å². The number of amides is 1. The van der Waals surface area contributed by atoms with E-state index in [2.05, 4.69) is 0 Å². The number of nitrogens with zero attached hydrogens (tertiary/aromatic N) is 1. The number of aliphatic hydroxyl groups excluding tert-OH is 1. The first-order valence-corrected chi connectivity index (χ1v) is 11.3. The first-order valence-electron chi connectivity index (χ1n) is 11.3. The van der Waals surface area contributed by atoms with Crippen molar-refractivity contribution in [2.75, 3.05) is 4.90 Å². The van der Waals surface area contributed by atoms with Gasteiger partial charge >= 0.3 is 6.18 Å². The number of halogens is 3. The van der Waals surface area contributed by atoms with Crippen molar-refractivity contribution in [2.45, 2.75) is 39.1 Å². The largest absolute Gasteiger partial charge is 0.507 e. The predicted octanol–water partition coefficient (Wildman–Crippen LogP) is 6.43. The van der Waals surface area contributed by atoms with Crippen molar-refractivity contribution in [3.05, 3.63) is 101 Å². The Bertz CT molecular complexity index is 1340. The van der Waals surface area contributed by atoms with Crippen LogP contribution in [0.1, 0.15) is 42.1 Å². The van der Waals surface area contributed by atoms with Gasteiger partial charge in [-0.05, 0) is 68.8 Å². The van der Waals surface area contributed by atoms with Gasteiger partial charge in [-0.15, -0.1) is 0 Å². The standard InChI is InChI=1S/C28H24F3NO4/c1-16(2)36-22-12-10-18(11-13-22)25(33)23-24(19-7-4-6-17(3)14-19)32(27(35)26(23)34)21-9-5-8-20(15-21)28(29,30)31/h4-16,24,33H,1-3H3/b25-23+. The van der Waals surface area contributed by atoms with Crippen molar-refractivity contribution < 1.29 is 32.6 Å². The number of carbonyl (C=O) groups is 2. The predicted molar refractivity (Wildman–Crippen MR) is 130 cm³/mol. The van der Waals surface area contributed by atoms with Crippen LogP contribution in [0.15, 0.2) is 78.4 Å². The maximum Gasteiger partial charge on any atom is 0.416 e. The van der Waals surface area contributed by atoms with Crippen molar-refractivity contribution in [2.24, 2.45) is 0 Å². The summed E-state index contributed by atoms with van der Waals surface area (Å²) in [5.74, 6) is -1.88. The van der Waals surface area contributed by atoms with E-state index in [1.807, 2.05) is 26.8 Å². The average Bonchev–Trinajstić information content (AvgIpc) is 3.09. The lowest BCUT2D eigenvalue weighted by molar-refractivity contribution is -0.137. The van der Waals surface area contributed by atoms with Gasteiger partial charge in [-0.2, -0.15) is 13.2 Å². The zero-order chi connectivity index (χ0) is 26.2. The Morgan fingerprint density at radius 2 is 1.64 bits per heavy atom. The van der Waals surface area contributed by atoms with E-state index in [1.54, 1.807) is 42.5 Å². The molecular weight excluding hydrogens is 471 g/mol. The van der Waals surface area contributed by atoms with Crippen molar-refractivity contribution in [1.82, 2.24) is 0 Å². The molecule has 3 aromatic rings. The van der Waals surface area contributed by atoms with Gasteiger partial charge in [-0.25, -0.2) is 0 Å². The molecule has 1 aliphatic rings. The molecule has 186 valence electrons. The first-order chi connectivity index (χ1) is 17.0. The van der Waals surface area contributed by atoms with Crippen LogP contribution in [-0.4, -0.2) is 22.9 Å². The van der Waals surface area contributed by atoms with Crippen LogP contribution < -0.4 is 9.64 Å². The molecule has 36 heavy (non-hydrogen) atoms. The smallest absolute Gasteiger partial charge is 0.416 e. The van der Waals surface area contributed by atoms with Gasteiger partial charge in [0.2, 0.25) is 0 Å². The molecule has 1 unspecified atom stereocenters. The van der Waals surface area contributed by atoms with Crippen LogP contribution in [0.25, 0.3) is 5.76 Å². The highest BCUT2D eigenvalue weighted by Crippen LogP contribution is 2.43. The number of aliphatic hydroxyl groups is 1. The Morgan fingerprint density at radius 1 is 0.972 bits per heavy atom. The molecule has 1 heterocycles. The molecule has 5 nitrogen and oxygen atoms in total. The molecular formula is C28H24F3NO4. The van der Waals surface area contributed by atoms with E-state index in [1.165, 1.54) is 12.1 Å². The molecule has 1 saturated heterocycles. The van der Waals surface area contributed by atoms with E-state index in [0.29, 0.717) is 11.3 Å². The fraction of sp³-hybridized carbons (Fsp3) is 0.214. The molecule has 0 bridgehead atoms. The van der Waals surface area contributed by atoms with Gasteiger partial charge in [0.15, 0.2) is 0 Å². The van der Waals surface area contributed by atoms with Crippen LogP contribution in [-0.2, 0) is 15.8 Å². The Labute approximate surface area is 206 Å². The number of carbonyl (C=O) groups excluding carboxylic acids is 2. The van der Waals surface area contributed by atoms with Crippen LogP contribution in [0.4, 0.5) is 18.9 Å². The van der Waals surface area contributed by atoms with E-state index in [0.717, 1.165) is 22.6 Å². The van der Waals surface area contributed by atoms with Crippen molar-refractivity contribution >= 4 is 23.1 Å². The van der Waals surface area contributed by atoms with Gasteiger partial charge in [0, 0.05) is 11.3 Å². The van der Waals surface area contributed by atoms with Crippen molar-refractivity contribution in [3.8, 4) is 5.75 Å². The lowest BCUT2D eigenvalue weighted by atomic mass is 9.94. The molecule has 0 radical (unpaired) electrons. The van der Waals surface area contributed by atoms with Gasteiger partial charge in [-0.3, -0.25) is 14.5 Å². The van der Waals surface area contributed by atoms with E-state index in [-0.39, 0.29) is 22.9 Å². The molecule has 0 saturated carbocycles. The maximum absolute atomic E-state index is 13.4. The number of hydrogen-bond donors (Lipinski definition) is 1. The lowest BCUT2D eigenvalue weighted by Gasteiger charge is -2.26. The highest BCUT2D eigenvalue weighted by atomic mass is 19.4. The monoisotopic (exact) mass is 495 g/mol. The van der Waals surface area contributed by atoms with Crippen LogP contribution in [0.5, 0.6) is 5.75 Å². The second-order valence-electron chi connectivity index (χ2n) is 8.82. The SMILES string of the molecule is Cc1cccc(C2/C(=C(\O)c3ccc(OC(C)C)cc3)C(=O)C(=O)N2c2cccc(C(F)(F)F)c2)c1. The fourth-order valence-corrected chi connectivity index (χ4v) is 4.21. The number of rotatable bonds is 5. The van der Waals surface area contributed by atoms with E-state index < -0.39 is 35.2 Å². The molecule has 1 atom stereocenters. The maximum atomic E-state index is 13.4. The summed E-state index contributed by atoms with van der Waals surface area (Å²) in [7, 11) is 0. The van der Waals surface area contributed by atoms with Crippen LogP contribution in [0, 0.1) is 6.92 Å². The molecule has 0 aliphatic carbocycles. The number of benzene rings is 3. The zero-order valence-corrected chi connectivity index (χ0v) is 19.8. The average molecular weight is 495 g/mol. The number of anilines is 1.